The van der Waals surface area contributed by atoms with Crippen molar-refractivity contribution in [3.8, 4) is 0 Å². The summed E-state index contributed by atoms with van der Waals surface area (Å²) >= 11 is 0. The Balaban J connectivity index is 0.000000117. The lowest BCUT2D eigenvalue weighted by molar-refractivity contribution is -0.263. The van der Waals surface area contributed by atoms with Gasteiger partial charge in [0.25, 0.3) is 0 Å². The van der Waals surface area contributed by atoms with Crippen LogP contribution in [0.15, 0.2) is 12.3 Å². The summed E-state index contributed by atoms with van der Waals surface area (Å²) in [7, 11) is 0. The molecule has 0 radical (unpaired) electrons. The van der Waals surface area contributed by atoms with Crippen LogP contribution in [0.25, 0.3) is 0 Å². The molecule has 0 aromatic rings. The Morgan fingerprint density at radius 2 is 0.850 bits per heavy atom. The minimum atomic E-state index is -0.863. The topological polar surface area (TPSA) is 184 Å². The number of aliphatic hydroxyl groups excluding tert-OH is 5. The van der Waals surface area contributed by atoms with E-state index in [4.69, 9.17) is 43.4 Å². The van der Waals surface area contributed by atoms with E-state index in [0.717, 1.165) is 52.1 Å². The maximum atomic E-state index is 9.19. The Labute approximate surface area is 233 Å². The van der Waals surface area contributed by atoms with Crippen LogP contribution in [0.1, 0.15) is 25.7 Å². The number of hydrogen-bond donors (Lipinski definition) is 5. The van der Waals surface area contributed by atoms with E-state index < -0.39 is 12.6 Å². The molecule has 14 nitrogen and oxygen atoms in total. The van der Waals surface area contributed by atoms with Crippen LogP contribution in [0.4, 0.5) is 0 Å². The van der Waals surface area contributed by atoms with Gasteiger partial charge in [0.05, 0.1) is 70.8 Å². The molecule has 0 amide bonds. The van der Waals surface area contributed by atoms with Crippen LogP contribution >= 0.6 is 0 Å². The van der Waals surface area contributed by atoms with Crippen LogP contribution in [0.2, 0.25) is 0 Å². The van der Waals surface area contributed by atoms with E-state index in [1.165, 1.54) is 0 Å². The van der Waals surface area contributed by atoms with E-state index in [1.807, 2.05) is 6.08 Å². The van der Waals surface area contributed by atoms with Crippen molar-refractivity contribution in [2.45, 2.75) is 75.4 Å². The lowest BCUT2D eigenvalue weighted by atomic mass is 10.0. The van der Waals surface area contributed by atoms with Gasteiger partial charge >= 0.3 is 0 Å². The summed E-state index contributed by atoms with van der Waals surface area (Å²) in [6.45, 7) is 4.59. The maximum Gasteiger partial charge on any atom is 0.178 e. The van der Waals surface area contributed by atoms with E-state index in [2.05, 4.69) is 9.47 Å². The molecule has 4 unspecified atom stereocenters. The number of aliphatic hydroxyl groups is 5. The molecule has 0 spiro atoms. The number of hydrogen-bond acceptors (Lipinski definition) is 14. The van der Waals surface area contributed by atoms with Crippen molar-refractivity contribution in [2.24, 2.45) is 17.8 Å². The molecule has 8 aliphatic rings. The predicted molar refractivity (Wildman–Crippen MR) is 133 cm³/mol. The van der Waals surface area contributed by atoms with Crippen molar-refractivity contribution in [3.63, 3.8) is 0 Å². The minimum absolute atomic E-state index is 0.0567. The second-order valence-electron chi connectivity index (χ2n) is 10.4. The minimum Gasteiger partial charge on any atom is -0.501 e. The van der Waals surface area contributed by atoms with Crippen LogP contribution in [0, 0.1) is 17.8 Å². The fourth-order valence-electron chi connectivity index (χ4n) is 5.15. The average Bonchev–Trinajstić information content (AvgIpc) is 3.78. The van der Waals surface area contributed by atoms with Gasteiger partial charge in [-0.05, 0) is 25.3 Å². The Hall–Kier alpha value is -0.980. The molecule has 8 aliphatic heterocycles. The van der Waals surface area contributed by atoms with Gasteiger partial charge in [-0.1, -0.05) is 0 Å². The summed E-state index contributed by atoms with van der Waals surface area (Å²) in [6, 6.07) is 0. The quantitative estimate of drug-likeness (QED) is 0.230. The zero-order valence-electron chi connectivity index (χ0n) is 22.6. The molecule has 5 N–H and O–H groups in total. The molecule has 0 saturated carbocycles. The second kappa shape index (κ2) is 16.6. The smallest absolute Gasteiger partial charge is 0.178 e. The third-order valence-electron chi connectivity index (χ3n) is 7.48. The molecule has 0 aliphatic carbocycles. The van der Waals surface area contributed by atoms with Gasteiger partial charge in [-0.15, -0.1) is 0 Å². The van der Waals surface area contributed by atoms with Crippen molar-refractivity contribution in [3.05, 3.63) is 12.3 Å². The molecule has 8 heterocycles. The predicted octanol–water partition coefficient (Wildman–Crippen LogP) is -1.19. The van der Waals surface area contributed by atoms with Crippen molar-refractivity contribution in [1.29, 1.82) is 0 Å². The van der Waals surface area contributed by atoms with Crippen LogP contribution in [-0.4, -0.2) is 135 Å². The van der Waals surface area contributed by atoms with Gasteiger partial charge in [0.2, 0.25) is 0 Å². The molecule has 0 bridgehead atoms. The highest BCUT2D eigenvalue weighted by atomic mass is 16.7. The summed E-state index contributed by atoms with van der Waals surface area (Å²) in [5.74, 6) is 0.764. The Bertz CT molecular complexity index is 652. The monoisotopic (exact) mass is 580 g/mol. The fraction of sp³-hybridized carbons (Fsp3) is 0.923. The van der Waals surface area contributed by atoms with Gasteiger partial charge in [-0.25, -0.2) is 0 Å². The molecule has 8 rings (SSSR count). The Morgan fingerprint density at radius 3 is 1.10 bits per heavy atom. The summed E-state index contributed by atoms with van der Waals surface area (Å²) in [5, 5.41) is 44.7. The Morgan fingerprint density at radius 1 is 0.450 bits per heavy atom. The van der Waals surface area contributed by atoms with Crippen LogP contribution in [0.5, 0.6) is 0 Å². The molecule has 7 fully saturated rings. The third kappa shape index (κ3) is 9.52. The van der Waals surface area contributed by atoms with E-state index in [1.54, 1.807) is 6.26 Å². The molecule has 11 atom stereocenters. The summed E-state index contributed by atoms with van der Waals surface area (Å²) in [6.07, 6.45) is 4.84. The number of rotatable bonds is 0. The first-order valence-corrected chi connectivity index (χ1v) is 14.0. The lowest BCUT2D eigenvalue weighted by Gasteiger charge is -2.22. The van der Waals surface area contributed by atoms with Crippen molar-refractivity contribution in [1.82, 2.24) is 0 Å². The highest BCUT2D eigenvalue weighted by molar-refractivity contribution is 4.83. The SMILES string of the molecule is C1=COCC1.OC1COC(O)CO1.OC1CO[C@H]2OCC[C@@H]12.OC1CO[C@H]2OCC[C@@H]12.O[C@H]1CO[C@H]2OCC[C@H]21. The molecule has 0 aromatic heterocycles. The largest absolute Gasteiger partial charge is 0.501 e. The van der Waals surface area contributed by atoms with Crippen molar-refractivity contribution in [2.75, 3.05) is 59.5 Å². The Kier molecular flexibility index (Phi) is 13.3. The second-order valence-corrected chi connectivity index (χ2v) is 10.4. The summed E-state index contributed by atoms with van der Waals surface area (Å²) < 4.78 is 44.8. The maximum absolute atomic E-state index is 9.19. The van der Waals surface area contributed by atoms with Gasteiger partial charge in [-0.2, -0.15) is 0 Å². The van der Waals surface area contributed by atoms with Crippen LogP contribution in [-0.2, 0) is 42.6 Å². The molecule has 0 aromatic carbocycles. The molecule has 14 heteroatoms. The molecule has 232 valence electrons. The molecular formula is C26H44O14. The lowest BCUT2D eigenvalue weighted by Crippen LogP contribution is -2.34. The van der Waals surface area contributed by atoms with Gasteiger partial charge in [0.15, 0.2) is 31.5 Å². The standard InChI is InChI=1S/3C6H10O3.C4H8O4.C4H6O/c3*7-5-3-9-6-4(5)1-2-8-6;5-3-1-7-4(6)2-8-3;1-2-4-5-3-1/h3*4-7H,1-3H2;3-6H,1-2H2;1,3H,2,4H2/t2*4-,5?,6+;4-,5-,6+;;/m000../s1. The van der Waals surface area contributed by atoms with Gasteiger partial charge in [0.1, 0.15) is 13.2 Å². The van der Waals surface area contributed by atoms with Gasteiger partial charge in [0, 0.05) is 24.2 Å². The third-order valence-corrected chi connectivity index (χ3v) is 7.48. The van der Waals surface area contributed by atoms with E-state index in [-0.39, 0.29) is 68.1 Å². The molecule has 40 heavy (non-hydrogen) atoms. The highest BCUT2D eigenvalue weighted by Gasteiger charge is 2.42. The first kappa shape index (κ1) is 31.9. The van der Waals surface area contributed by atoms with Gasteiger partial charge < -0.3 is 68.2 Å². The van der Waals surface area contributed by atoms with Crippen molar-refractivity contribution >= 4 is 0 Å². The van der Waals surface area contributed by atoms with Crippen LogP contribution < -0.4 is 0 Å². The zero-order chi connectivity index (χ0) is 28.3. The van der Waals surface area contributed by atoms with Gasteiger partial charge in [-0.3, -0.25) is 0 Å². The first-order chi connectivity index (χ1) is 19.4. The number of fused-ring (bicyclic) bond motifs is 3. The summed E-state index contributed by atoms with van der Waals surface area (Å²) in [4.78, 5) is 0. The van der Waals surface area contributed by atoms with E-state index in [0.29, 0.717) is 19.8 Å². The normalized spacial score (nSPS) is 43.9. The zero-order valence-corrected chi connectivity index (χ0v) is 22.6. The number of ether oxygens (including phenoxy) is 9. The molecular weight excluding hydrogens is 536 g/mol. The van der Waals surface area contributed by atoms with E-state index in [9.17, 15) is 15.3 Å². The van der Waals surface area contributed by atoms with Crippen LogP contribution in [0.3, 0.4) is 0 Å². The summed E-state index contributed by atoms with van der Waals surface area (Å²) in [5.41, 5.74) is 0. The fourth-order valence-corrected chi connectivity index (χ4v) is 5.15. The molecule has 7 saturated heterocycles. The van der Waals surface area contributed by atoms with Crippen molar-refractivity contribution < 1.29 is 68.2 Å². The highest BCUT2D eigenvalue weighted by Crippen LogP contribution is 2.32. The average molecular weight is 581 g/mol. The van der Waals surface area contributed by atoms with E-state index >= 15 is 0 Å². The first-order valence-electron chi connectivity index (χ1n) is 14.0.